The maximum atomic E-state index is 14.8. The van der Waals surface area contributed by atoms with Crippen LogP contribution >= 0.6 is 11.6 Å². The molecule has 1 unspecified atom stereocenters. The SMILES string of the molecule is CC(=O)c1ccc(/C(F)=C/C(c2cc(O)cc(Cl)c2)C(F)(F)F)cc1C(C)(C)F. The maximum Gasteiger partial charge on any atom is 0.399 e. The number of rotatable bonds is 5. The largest absolute Gasteiger partial charge is 0.508 e. The number of aromatic hydroxyl groups is 1. The molecule has 0 spiro atoms. The van der Waals surface area contributed by atoms with Gasteiger partial charge in [0.15, 0.2) is 5.78 Å². The van der Waals surface area contributed by atoms with Crippen LogP contribution in [0.25, 0.3) is 5.83 Å². The Balaban J connectivity index is 2.60. The fourth-order valence-corrected chi connectivity index (χ4v) is 3.13. The average Bonchev–Trinajstić information content (AvgIpc) is 2.56. The highest BCUT2D eigenvalue weighted by atomic mass is 35.5. The number of benzene rings is 2. The highest BCUT2D eigenvalue weighted by molar-refractivity contribution is 6.30. The molecule has 156 valence electrons. The van der Waals surface area contributed by atoms with Gasteiger partial charge in [0.2, 0.25) is 0 Å². The van der Waals surface area contributed by atoms with Crippen LogP contribution in [-0.4, -0.2) is 17.1 Å². The standard InChI is InChI=1S/C21H18ClF5O2/c1-11(28)16-5-4-12(8-18(16)20(2,3)24)19(23)10-17(21(25,26)27)13-6-14(22)9-15(29)7-13/h4-10,17,29H,1-3H3/b19-10-. The van der Waals surface area contributed by atoms with Crippen molar-refractivity contribution in [2.45, 2.75) is 38.5 Å². The Bertz CT molecular complexity index is 938. The molecule has 0 aromatic heterocycles. The second-order valence-electron chi connectivity index (χ2n) is 7.07. The average molecular weight is 433 g/mol. The second kappa shape index (κ2) is 8.14. The number of phenolic OH excluding ortho intramolecular Hbond substituents is 1. The zero-order valence-electron chi connectivity index (χ0n) is 15.7. The fourth-order valence-electron chi connectivity index (χ4n) is 2.89. The minimum absolute atomic E-state index is 0.0150. The molecule has 0 fully saturated rings. The van der Waals surface area contributed by atoms with Crippen molar-refractivity contribution in [3.05, 3.63) is 69.8 Å². The van der Waals surface area contributed by atoms with Gasteiger partial charge in [-0.3, -0.25) is 4.79 Å². The molecule has 2 nitrogen and oxygen atoms in total. The summed E-state index contributed by atoms with van der Waals surface area (Å²) in [6.45, 7) is 3.53. The number of alkyl halides is 4. The molecular formula is C21H18ClF5O2. The van der Waals surface area contributed by atoms with E-state index in [1.54, 1.807) is 0 Å². The highest BCUT2D eigenvalue weighted by Gasteiger charge is 2.40. The normalized spacial score (nSPS) is 14.0. The third-order valence-corrected chi connectivity index (χ3v) is 4.46. The molecule has 0 aliphatic rings. The number of carbonyl (C=O) groups excluding carboxylic acids is 1. The molecule has 0 bridgehead atoms. The van der Waals surface area contributed by atoms with Crippen LogP contribution in [0.2, 0.25) is 5.02 Å². The summed E-state index contributed by atoms with van der Waals surface area (Å²) in [4.78, 5) is 11.7. The Hall–Kier alpha value is -2.41. The zero-order chi connectivity index (χ0) is 22.1. The molecule has 0 heterocycles. The van der Waals surface area contributed by atoms with E-state index in [2.05, 4.69) is 0 Å². The van der Waals surface area contributed by atoms with E-state index < -0.39 is 40.7 Å². The lowest BCUT2D eigenvalue weighted by Crippen LogP contribution is -2.19. The van der Waals surface area contributed by atoms with Crippen LogP contribution in [0.15, 0.2) is 42.5 Å². The maximum absolute atomic E-state index is 14.8. The van der Waals surface area contributed by atoms with Crippen molar-refractivity contribution in [1.29, 1.82) is 0 Å². The van der Waals surface area contributed by atoms with Crippen LogP contribution in [-0.2, 0) is 5.67 Å². The topological polar surface area (TPSA) is 37.3 Å². The number of Topliss-reactive ketones (excluding diaryl/α,β-unsaturated/α-hetero) is 1. The molecule has 0 aliphatic heterocycles. The molecule has 1 atom stereocenters. The van der Waals surface area contributed by atoms with Gasteiger partial charge in [-0.2, -0.15) is 13.2 Å². The van der Waals surface area contributed by atoms with Gasteiger partial charge in [-0.25, -0.2) is 8.78 Å². The lowest BCUT2D eigenvalue weighted by atomic mass is 9.90. The first-order chi connectivity index (χ1) is 13.2. The summed E-state index contributed by atoms with van der Waals surface area (Å²) in [5, 5.41) is 9.39. The molecule has 2 aromatic rings. The predicted octanol–water partition coefficient (Wildman–Crippen LogP) is 7.11. The Kier molecular flexibility index (Phi) is 6.42. The highest BCUT2D eigenvalue weighted by Crippen LogP contribution is 2.40. The Labute approximate surface area is 169 Å². The van der Waals surface area contributed by atoms with Gasteiger partial charge in [-0.15, -0.1) is 0 Å². The van der Waals surface area contributed by atoms with Crippen molar-refractivity contribution in [3.8, 4) is 5.75 Å². The van der Waals surface area contributed by atoms with Crippen molar-refractivity contribution in [3.63, 3.8) is 0 Å². The molecule has 8 heteroatoms. The molecule has 0 amide bonds. The number of hydrogen-bond acceptors (Lipinski definition) is 2. The van der Waals surface area contributed by atoms with Crippen molar-refractivity contribution in [2.24, 2.45) is 0 Å². The first-order valence-electron chi connectivity index (χ1n) is 8.48. The summed E-state index contributed by atoms with van der Waals surface area (Å²) in [7, 11) is 0. The van der Waals surface area contributed by atoms with Gasteiger partial charge in [-0.1, -0.05) is 23.7 Å². The van der Waals surface area contributed by atoms with Gasteiger partial charge in [0, 0.05) is 16.1 Å². The van der Waals surface area contributed by atoms with Crippen LogP contribution in [0.4, 0.5) is 22.0 Å². The first kappa shape index (κ1) is 22.9. The predicted molar refractivity (Wildman–Crippen MR) is 102 cm³/mol. The van der Waals surface area contributed by atoms with E-state index >= 15 is 0 Å². The third kappa shape index (κ3) is 5.56. The second-order valence-corrected chi connectivity index (χ2v) is 7.50. The number of hydrogen-bond donors (Lipinski definition) is 1. The lowest BCUT2D eigenvalue weighted by molar-refractivity contribution is -0.139. The monoisotopic (exact) mass is 432 g/mol. The number of phenols is 1. The molecule has 29 heavy (non-hydrogen) atoms. The Morgan fingerprint density at radius 1 is 1.10 bits per heavy atom. The molecule has 0 saturated carbocycles. The van der Waals surface area contributed by atoms with Crippen molar-refractivity contribution < 1.29 is 31.9 Å². The smallest absolute Gasteiger partial charge is 0.399 e. The Morgan fingerprint density at radius 2 is 1.72 bits per heavy atom. The number of halogens is 6. The molecule has 2 rings (SSSR count). The fraction of sp³-hybridized carbons (Fsp3) is 0.286. The van der Waals surface area contributed by atoms with Crippen LogP contribution < -0.4 is 0 Å². The van der Waals surface area contributed by atoms with Crippen LogP contribution in [0, 0.1) is 0 Å². The van der Waals surface area contributed by atoms with Gasteiger partial charge in [0.05, 0.1) is 0 Å². The summed E-state index contributed by atoms with van der Waals surface area (Å²) >= 11 is 5.70. The molecule has 1 N–H and O–H groups in total. The summed E-state index contributed by atoms with van der Waals surface area (Å²) in [5.74, 6) is -4.61. The van der Waals surface area contributed by atoms with Gasteiger partial charge in [-0.05, 0) is 62.2 Å². The Morgan fingerprint density at radius 3 is 2.21 bits per heavy atom. The van der Waals surface area contributed by atoms with E-state index in [1.165, 1.54) is 13.0 Å². The van der Waals surface area contributed by atoms with Crippen molar-refractivity contribution >= 4 is 23.2 Å². The number of allylic oxidation sites excluding steroid dienone is 1. The van der Waals surface area contributed by atoms with E-state index in [0.717, 1.165) is 44.2 Å². The summed E-state index contributed by atoms with van der Waals surface area (Å²) < 4.78 is 69.9. The van der Waals surface area contributed by atoms with E-state index in [9.17, 15) is 31.9 Å². The van der Waals surface area contributed by atoms with Crippen LogP contribution in [0.5, 0.6) is 5.75 Å². The molecule has 0 radical (unpaired) electrons. The zero-order valence-corrected chi connectivity index (χ0v) is 16.5. The van der Waals surface area contributed by atoms with Crippen molar-refractivity contribution in [1.82, 2.24) is 0 Å². The minimum Gasteiger partial charge on any atom is -0.508 e. The van der Waals surface area contributed by atoms with Gasteiger partial charge in [0.25, 0.3) is 0 Å². The molecule has 0 aliphatic carbocycles. The van der Waals surface area contributed by atoms with Gasteiger partial charge in [0.1, 0.15) is 23.2 Å². The lowest BCUT2D eigenvalue weighted by Gasteiger charge is -2.20. The van der Waals surface area contributed by atoms with E-state index in [1.807, 2.05) is 0 Å². The van der Waals surface area contributed by atoms with E-state index in [0.29, 0.717) is 6.08 Å². The van der Waals surface area contributed by atoms with E-state index in [-0.39, 0.29) is 21.7 Å². The van der Waals surface area contributed by atoms with Gasteiger partial charge < -0.3 is 5.11 Å². The van der Waals surface area contributed by atoms with Crippen LogP contribution in [0.1, 0.15) is 53.7 Å². The first-order valence-corrected chi connectivity index (χ1v) is 8.86. The van der Waals surface area contributed by atoms with Crippen molar-refractivity contribution in [2.75, 3.05) is 0 Å². The quantitative estimate of drug-likeness (QED) is 0.404. The summed E-state index contributed by atoms with van der Waals surface area (Å²) in [5.41, 5.74) is -2.89. The summed E-state index contributed by atoms with van der Waals surface area (Å²) in [6.07, 6.45) is -4.56. The molecule has 2 aromatic carbocycles. The third-order valence-electron chi connectivity index (χ3n) is 4.24. The van der Waals surface area contributed by atoms with E-state index in [4.69, 9.17) is 11.6 Å². The number of ketones is 1. The molecular weight excluding hydrogens is 415 g/mol. The number of carbonyl (C=O) groups is 1. The minimum atomic E-state index is -4.88. The summed E-state index contributed by atoms with van der Waals surface area (Å²) in [6, 6.07) is 6.16. The van der Waals surface area contributed by atoms with Gasteiger partial charge >= 0.3 is 6.18 Å². The molecule has 0 saturated heterocycles. The van der Waals surface area contributed by atoms with Crippen LogP contribution in [0.3, 0.4) is 0 Å².